The maximum atomic E-state index is 13.0. The fourth-order valence-electron chi connectivity index (χ4n) is 3.64. The number of aryl methyl sites for hydroxylation is 2. The summed E-state index contributed by atoms with van der Waals surface area (Å²) in [4.78, 5) is 24.6. The minimum Gasteiger partial charge on any atom is -0.465 e. The lowest BCUT2D eigenvalue weighted by atomic mass is 10.1. The molecule has 1 atom stereocenters. The number of halogens is 1. The van der Waals surface area contributed by atoms with E-state index < -0.39 is 40.1 Å². The smallest absolute Gasteiger partial charge is 0.321 e. The van der Waals surface area contributed by atoms with Crippen LogP contribution < -0.4 is 5.32 Å². The van der Waals surface area contributed by atoms with Gasteiger partial charge in [0.25, 0.3) is 5.91 Å². The summed E-state index contributed by atoms with van der Waals surface area (Å²) in [6.07, 6.45) is 0.222. The molecule has 2 aromatic carbocycles. The molecule has 1 heterocycles. The van der Waals surface area contributed by atoms with Gasteiger partial charge in [-0.3, -0.25) is 9.59 Å². The zero-order valence-corrected chi connectivity index (χ0v) is 20.9. The molecule has 0 fully saturated rings. The largest absolute Gasteiger partial charge is 0.465 e. The van der Waals surface area contributed by atoms with Crippen LogP contribution in [0.25, 0.3) is 10.9 Å². The first kappa shape index (κ1) is 26.7. The van der Waals surface area contributed by atoms with E-state index in [1.54, 1.807) is 17.7 Å². The number of esters is 1. The van der Waals surface area contributed by atoms with Crippen LogP contribution in [0.1, 0.15) is 34.1 Å². The van der Waals surface area contributed by atoms with Crippen molar-refractivity contribution in [3.63, 3.8) is 0 Å². The lowest BCUT2D eigenvalue weighted by Gasteiger charge is -2.17. The second kappa shape index (κ2) is 11.2. The van der Waals surface area contributed by atoms with Crippen molar-refractivity contribution < 1.29 is 33.0 Å². The molecule has 0 saturated heterocycles. The van der Waals surface area contributed by atoms with E-state index in [0.717, 1.165) is 16.5 Å². The van der Waals surface area contributed by atoms with Gasteiger partial charge in [-0.1, -0.05) is 23.7 Å². The van der Waals surface area contributed by atoms with Crippen LogP contribution in [0, 0.1) is 6.92 Å². The number of aliphatic hydroxyl groups excluding tert-OH is 2. The van der Waals surface area contributed by atoms with Gasteiger partial charge in [-0.15, -0.1) is 0 Å². The van der Waals surface area contributed by atoms with Gasteiger partial charge in [-0.2, -0.15) is 0 Å². The molecule has 3 rings (SSSR count). The molecular weight excluding hydrogens is 496 g/mol. The molecule has 11 heteroatoms. The average Bonchev–Trinajstić information content (AvgIpc) is 3.14. The van der Waals surface area contributed by atoms with Crippen LogP contribution in [0.2, 0.25) is 5.02 Å². The summed E-state index contributed by atoms with van der Waals surface area (Å²) in [6, 6.07) is 10.2. The Morgan fingerprint density at radius 3 is 2.46 bits per heavy atom. The summed E-state index contributed by atoms with van der Waals surface area (Å²) in [7, 11) is -2.20. The molecule has 9 nitrogen and oxygen atoms in total. The molecule has 0 aliphatic heterocycles. The summed E-state index contributed by atoms with van der Waals surface area (Å²) in [6.45, 7) is 1.25. The van der Waals surface area contributed by atoms with Crippen molar-refractivity contribution in [3.05, 3.63) is 64.3 Å². The van der Waals surface area contributed by atoms with E-state index in [1.807, 2.05) is 19.1 Å². The fraction of sp³-hybridized carbons (Fsp3) is 0.333. The van der Waals surface area contributed by atoms with Crippen molar-refractivity contribution in [2.75, 3.05) is 25.6 Å². The average molecular weight is 523 g/mol. The van der Waals surface area contributed by atoms with Crippen molar-refractivity contribution in [1.29, 1.82) is 0 Å². The standard InChI is InChI=1S/C24H27ClN2O7S/c1-15-10-19(25)18-12-22(27(2)21(18)11-15)24(31)26-20(13-29)16-4-6-17(7-5-16)35(32,33)14-23(30)34-9-3-8-28/h4-7,10-12,20,28-29H,3,8-9,13-14H2,1-2H3,(H,26,31)/t20-/m1/s1. The van der Waals surface area contributed by atoms with Gasteiger partial charge in [0.1, 0.15) is 5.69 Å². The molecular formula is C24H27ClN2O7S. The van der Waals surface area contributed by atoms with E-state index in [9.17, 15) is 23.1 Å². The molecule has 1 amide bonds. The third kappa shape index (κ3) is 6.21. The van der Waals surface area contributed by atoms with E-state index in [0.29, 0.717) is 16.3 Å². The molecule has 0 saturated carbocycles. The Hall–Kier alpha value is -2.92. The minimum absolute atomic E-state index is 0.0653. The number of ether oxygens (including phenoxy) is 1. The van der Waals surface area contributed by atoms with Crippen molar-refractivity contribution in [2.45, 2.75) is 24.3 Å². The number of sulfone groups is 1. The number of carbonyl (C=O) groups excluding carboxylic acids is 2. The third-order valence-electron chi connectivity index (χ3n) is 5.49. The number of carbonyl (C=O) groups is 2. The van der Waals surface area contributed by atoms with Crippen molar-refractivity contribution >= 4 is 44.2 Å². The van der Waals surface area contributed by atoms with Crippen molar-refractivity contribution in [2.24, 2.45) is 7.05 Å². The highest BCUT2D eigenvalue weighted by molar-refractivity contribution is 7.92. The quantitative estimate of drug-likeness (QED) is 0.274. The summed E-state index contributed by atoms with van der Waals surface area (Å²) >= 11 is 6.32. The summed E-state index contributed by atoms with van der Waals surface area (Å²) < 4.78 is 31.5. The van der Waals surface area contributed by atoms with Crippen LogP contribution in [0.3, 0.4) is 0 Å². The Bertz CT molecular complexity index is 1330. The monoisotopic (exact) mass is 522 g/mol. The Morgan fingerprint density at radius 1 is 1.14 bits per heavy atom. The van der Waals surface area contributed by atoms with Gasteiger partial charge in [0.2, 0.25) is 0 Å². The summed E-state index contributed by atoms with van der Waals surface area (Å²) in [5, 5.41) is 22.6. The van der Waals surface area contributed by atoms with Crippen LogP contribution in [-0.2, 0) is 26.4 Å². The number of aliphatic hydroxyl groups is 2. The predicted molar refractivity (Wildman–Crippen MR) is 131 cm³/mol. The molecule has 1 aromatic heterocycles. The Labute approximate surface area is 208 Å². The van der Waals surface area contributed by atoms with Gasteiger partial charge in [0.15, 0.2) is 15.6 Å². The lowest BCUT2D eigenvalue weighted by molar-refractivity contribution is -0.140. The molecule has 0 unspecified atom stereocenters. The summed E-state index contributed by atoms with van der Waals surface area (Å²) in [5.74, 6) is -2.17. The Balaban J connectivity index is 1.75. The number of nitrogens with zero attached hydrogens (tertiary/aromatic N) is 1. The van der Waals surface area contributed by atoms with Crippen LogP contribution in [0.15, 0.2) is 47.4 Å². The van der Waals surface area contributed by atoms with Gasteiger partial charge < -0.3 is 24.8 Å². The molecule has 35 heavy (non-hydrogen) atoms. The molecule has 0 radical (unpaired) electrons. The van der Waals surface area contributed by atoms with Gasteiger partial charge >= 0.3 is 5.97 Å². The topological polar surface area (TPSA) is 135 Å². The zero-order valence-electron chi connectivity index (χ0n) is 19.3. The van der Waals surface area contributed by atoms with E-state index in [-0.39, 0.29) is 24.5 Å². The predicted octanol–water partition coefficient (Wildman–Crippen LogP) is 2.30. The van der Waals surface area contributed by atoms with Crippen LogP contribution in [-0.4, -0.2) is 60.6 Å². The first-order valence-corrected chi connectivity index (χ1v) is 12.9. The Kier molecular flexibility index (Phi) is 8.55. The number of fused-ring (bicyclic) bond motifs is 1. The molecule has 3 aromatic rings. The number of aromatic nitrogens is 1. The van der Waals surface area contributed by atoms with E-state index in [1.165, 1.54) is 24.3 Å². The zero-order chi connectivity index (χ0) is 25.8. The third-order valence-corrected chi connectivity index (χ3v) is 7.41. The highest BCUT2D eigenvalue weighted by atomic mass is 35.5. The highest BCUT2D eigenvalue weighted by Gasteiger charge is 2.23. The molecule has 0 aliphatic carbocycles. The second-order valence-electron chi connectivity index (χ2n) is 8.10. The van der Waals surface area contributed by atoms with E-state index in [4.69, 9.17) is 21.4 Å². The van der Waals surface area contributed by atoms with E-state index in [2.05, 4.69) is 5.32 Å². The second-order valence-corrected chi connectivity index (χ2v) is 10.5. The summed E-state index contributed by atoms with van der Waals surface area (Å²) in [5.41, 5.74) is 2.59. The Morgan fingerprint density at radius 2 is 1.83 bits per heavy atom. The lowest BCUT2D eigenvalue weighted by Crippen LogP contribution is -2.32. The first-order chi connectivity index (χ1) is 16.6. The minimum atomic E-state index is -3.94. The number of nitrogens with one attached hydrogen (secondary N) is 1. The highest BCUT2D eigenvalue weighted by Crippen LogP contribution is 2.28. The molecule has 0 aliphatic rings. The molecule has 0 bridgehead atoms. The molecule has 0 spiro atoms. The van der Waals surface area contributed by atoms with Crippen molar-refractivity contribution in [1.82, 2.24) is 9.88 Å². The number of rotatable bonds is 10. The van der Waals surface area contributed by atoms with Gasteiger partial charge in [-0.05, 0) is 48.4 Å². The fourth-order valence-corrected chi connectivity index (χ4v) is 5.08. The maximum absolute atomic E-state index is 13.0. The van der Waals surface area contributed by atoms with E-state index >= 15 is 0 Å². The van der Waals surface area contributed by atoms with Crippen LogP contribution in [0.4, 0.5) is 0 Å². The normalized spacial score (nSPS) is 12.5. The number of hydrogen-bond donors (Lipinski definition) is 3. The number of amides is 1. The SMILES string of the molecule is Cc1cc(Cl)c2cc(C(=O)N[C@H](CO)c3ccc(S(=O)(=O)CC(=O)OCCCO)cc3)n(C)c2c1. The number of benzene rings is 2. The molecule has 188 valence electrons. The van der Waals surface area contributed by atoms with Crippen LogP contribution >= 0.6 is 11.6 Å². The number of hydrogen-bond acceptors (Lipinski definition) is 7. The van der Waals surface area contributed by atoms with Crippen molar-refractivity contribution in [3.8, 4) is 0 Å². The van der Waals surface area contributed by atoms with Gasteiger partial charge in [-0.25, -0.2) is 8.42 Å². The van der Waals surface area contributed by atoms with Gasteiger partial charge in [0.05, 0.1) is 34.7 Å². The molecule has 3 N–H and O–H groups in total. The van der Waals surface area contributed by atoms with Crippen LogP contribution in [0.5, 0.6) is 0 Å². The first-order valence-electron chi connectivity index (χ1n) is 10.8. The maximum Gasteiger partial charge on any atom is 0.321 e. The van der Waals surface area contributed by atoms with Gasteiger partial charge in [0, 0.05) is 25.5 Å².